The SMILES string of the molecule is CCn1c(C)c(C(=O)CN(C2CCCCC2)S(=O)(=O)c2ccc(Br)cc2)c(C)c1C(=O)OC. The first-order valence-electron chi connectivity index (χ1n) is 11.2. The van der Waals surface area contributed by atoms with Crippen molar-refractivity contribution in [3.05, 3.63) is 51.3 Å². The van der Waals surface area contributed by atoms with Crippen molar-refractivity contribution >= 4 is 37.7 Å². The molecule has 3 rings (SSSR count). The summed E-state index contributed by atoms with van der Waals surface area (Å²) in [5.41, 5.74) is 1.89. The number of carbonyl (C=O) groups is 2. The maximum absolute atomic E-state index is 13.6. The van der Waals surface area contributed by atoms with Gasteiger partial charge in [0.2, 0.25) is 10.0 Å². The highest BCUT2D eigenvalue weighted by Gasteiger charge is 2.36. The highest BCUT2D eigenvalue weighted by Crippen LogP contribution is 2.30. The van der Waals surface area contributed by atoms with Gasteiger partial charge >= 0.3 is 5.97 Å². The number of nitrogens with zero attached hydrogens (tertiary/aromatic N) is 2. The standard InChI is InChI=1S/C24H31BrN2O5S/c1-5-26-17(3)22(16(2)23(26)24(29)32-4)21(28)15-27(19-9-7-6-8-10-19)33(30,31)20-13-11-18(25)12-14-20/h11-14,19H,5-10,15H2,1-4H3. The summed E-state index contributed by atoms with van der Waals surface area (Å²) >= 11 is 3.34. The van der Waals surface area contributed by atoms with Crippen LogP contribution in [0.3, 0.4) is 0 Å². The quantitative estimate of drug-likeness (QED) is 0.353. The highest BCUT2D eigenvalue weighted by atomic mass is 79.9. The molecule has 0 spiro atoms. The molecule has 1 heterocycles. The van der Waals surface area contributed by atoms with Gasteiger partial charge in [-0.25, -0.2) is 13.2 Å². The third kappa shape index (κ3) is 5.10. The van der Waals surface area contributed by atoms with Gasteiger partial charge in [0.15, 0.2) is 5.78 Å². The van der Waals surface area contributed by atoms with Gasteiger partial charge in [0.1, 0.15) is 5.69 Å². The molecule has 0 saturated heterocycles. The normalized spacial score (nSPS) is 15.1. The molecule has 1 aromatic heterocycles. The van der Waals surface area contributed by atoms with Crippen molar-refractivity contribution in [2.45, 2.75) is 70.4 Å². The molecule has 2 aromatic rings. The van der Waals surface area contributed by atoms with E-state index in [1.807, 2.05) is 6.92 Å². The summed E-state index contributed by atoms with van der Waals surface area (Å²) in [7, 11) is -2.58. The number of hydrogen-bond acceptors (Lipinski definition) is 5. The Morgan fingerprint density at radius 1 is 1.12 bits per heavy atom. The summed E-state index contributed by atoms with van der Waals surface area (Å²) in [6.07, 6.45) is 4.38. The second-order valence-electron chi connectivity index (χ2n) is 8.39. The summed E-state index contributed by atoms with van der Waals surface area (Å²) in [5.74, 6) is -0.822. The Balaban J connectivity index is 2.04. The van der Waals surface area contributed by atoms with Crippen LogP contribution in [-0.4, -0.2) is 48.7 Å². The molecule has 0 unspecified atom stereocenters. The van der Waals surface area contributed by atoms with E-state index in [-0.39, 0.29) is 23.3 Å². The first kappa shape index (κ1) is 25.6. The molecule has 0 atom stereocenters. The minimum atomic E-state index is -3.88. The van der Waals surface area contributed by atoms with Crippen LogP contribution in [0.4, 0.5) is 0 Å². The van der Waals surface area contributed by atoms with Gasteiger partial charge in [-0.05, 0) is 63.4 Å². The van der Waals surface area contributed by atoms with Crippen molar-refractivity contribution in [3.8, 4) is 0 Å². The second-order valence-corrected chi connectivity index (χ2v) is 11.2. The monoisotopic (exact) mass is 538 g/mol. The van der Waals surface area contributed by atoms with Crippen molar-refractivity contribution in [1.29, 1.82) is 0 Å². The van der Waals surface area contributed by atoms with Crippen molar-refractivity contribution in [3.63, 3.8) is 0 Å². The molecule has 0 N–H and O–H groups in total. The molecule has 9 heteroatoms. The van der Waals surface area contributed by atoms with E-state index in [1.54, 1.807) is 42.7 Å². The zero-order chi connectivity index (χ0) is 24.3. The van der Waals surface area contributed by atoms with Crippen LogP contribution < -0.4 is 0 Å². The Kier molecular flexibility index (Phi) is 8.18. The van der Waals surface area contributed by atoms with Crippen molar-refractivity contribution < 1.29 is 22.7 Å². The van der Waals surface area contributed by atoms with Crippen LogP contribution in [0.2, 0.25) is 0 Å². The summed E-state index contributed by atoms with van der Waals surface area (Å²) in [6.45, 7) is 5.61. The molecule has 7 nitrogen and oxygen atoms in total. The molecule has 180 valence electrons. The summed E-state index contributed by atoms with van der Waals surface area (Å²) in [6, 6.07) is 6.25. The van der Waals surface area contributed by atoms with E-state index in [9.17, 15) is 18.0 Å². The summed E-state index contributed by atoms with van der Waals surface area (Å²) in [5, 5.41) is 0. The molecule has 1 aliphatic carbocycles. The number of ketones is 1. The molecule has 33 heavy (non-hydrogen) atoms. The molecule has 1 aromatic carbocycles. The number of ether oxygens (including phenoxy) is 1. The number of aromatic nitrogens is 1. The Morgan fingerprint density at radius 2 is 1.73 bits per heavy atom. The van der Waals surface area contributed by atoms with E-state index in [2.05, 4.69) is 15.9 Å². The second kappa shape index (κ2) is 10.5. The molecule has 0 amide bonds. The van der Waals surface area contributed by atoms with Crippen LogP contribution in [0, 0.1) is 13.8 Å². The number of halogens is 1. The van der Waals surface area contributed by atoms with E-state index in [0.29, 0.717) is 29.1 Å². The lowest BCUT2D eigenvalue weighted by Crippen LogP contribution is -2.44. The van der Waals surface area contributed by atoms with E-state index in [0.717, 1.165) is 36.6 Å². The summed E-state index contributed by atoms with van der Waals surface area (Å²) < 4.78 is 36.1. The highest BCUT2D eigenvalue weighted by molar-refractivity contribution is 9.10. The predicted molar refractivity (Wildman–Crippen MR) is 130 cm³/mol. The average molecular weight is 539 g/mol. The molecule has 1 fully saturated rings. The Bertz CT molecular complexity index is 1130. The zero-order valence-electron chi connectivity index (χ0n) is 19.6. The van der Waals surface area contributed by atoms with Gasteiger partial charge in [0.25, 0.3) is 0 Å². The van der Waals surface area contributed by atoms with E-state index >= 15 is 0 Å². The van der Waals surface area contributed by atoms with Crippen molar-refractivity contribution in [2.75, 3.05) is 13.7 Å². The van der Waals surface area contributed by atoms with Gasteiger partial charge in [-0.2, -0.15) is 4.31 Å². The van der Waals surface area contributed by atoms with Gasteiger partial charge in [-0.1, -0.05) is 35.2 Å². The lowest BCUT2D eigenvalue weighted by atomic mass is 9.95. The van der Waals surface area contributed by atoms with Crippen LogP contribution in [0.25, 0.3) is 0 Å². The minimum Gasteiger partial charge on any atom is -0.464 e. The molecule has 0 aliphatic heterocycles. The fraction of sp³-hybridized carbons (Fsp3) is 0.500. The van der Waals surface area contributed by atoms with E-state index in [4.69, 9.17) is 4.74 Å². The smallest absolute Gasteiger partial charge is 0.354 e. The number of rotatable bonds is 8. The number of hydrogen-bond donors (Lipinski definition) is 0. The fourth-order valence-electron chi connectivity index (χ4n) is 4.80. The van der Waals surface area contributed by atoms with E-state index in [1.165, 1.54) is 11.4 Å². The summed E-state index contributed by atoms with van der Waals surface area (Å²) in [4.78, 5) is 26.1. The fourth-order valence-corrected chi connectivity index (χ4v) is 6.71. The minimum absolute atomic E-state index is 0.166. The molecular weight excluding hydrogens is 508 g/mol. The van der Waals surface area contributed by atoms with Gasteiger partial charge < -0.3 is 9.30 Å². The first-order chi connectivity index (χ1) is 15.6. The molecule has 1 aliphatic rings. The lowest BCUT2D eigenvalue weighted by Gasteiger charge is -2.33. The number of sulfonamides is 1. The van der Waals surface area contributed by atoms with Crippen LogP contribution in [-0.2, 0) is 21.3 Å². The Labute approximate surface area is 204 Å². The third-order valence-corrected chi connectivity index (χ3v) is 8.88. The predicted octanol–water partition coefficient (Wildman–Crippen LogP) is 4.88. The molecule has 1 saturated carbocycles. The average Bonchev–Trinajstić information content (AvgIpc) is 3.06. The van der Waals surface area contributed by atoms with Gasteiger partial charge in [-0.15, -0.1) is 0 Å². The number of methoxy groups -OCH3 is 1. The van der Waals surface area contributed by atoms with Gasteiger partial charge in [-0.3, -0.25) is 4.79 Å². The maximum Gasteiger partial charge on any atom is 0.354 e. The number of benzene rings is 1. The van der Waals surface area contributed by atoms with Crippen LogP contribution >= 0.6 is 15.9 Å². The van der Waals surface area contributed by atoms with Crippen LogP contribution in [0.15, 0.2) is 33.6 Å². The number of Topliss-reactive ketones (excluding diaryl/α,β-unsaturated/α-hetero) is 1. The molecular formula is C24H31BrN2O5S. The van der Waals surface area contributed by atoms with Gasteiger partial charge in [0.05, 0.1) is 18.6 Å². The Morgan fingerprint density at radius 3 is 2.27 bits per heavy atom. The Hall–Kier alpha value is -1.97. The number of esters is 1. The van der Waals surface area contributed by atoms with Crippen LogP contribution in [0.5, 0.6) is 0 Å². The van der Waals surface area contributed by atoms with Gasteiger partial charge in [0, 0.05) is 28.3 Å². The molecule has 0 radical (unpaired) electrons. The lowest BCUT2D eigenvalue weighted by molar-refractivity contribution is 0.0587. The van der Waals surface area contributed by atoms with Crippen LogP contribution in [0.1, 0.15) is 71.1 Å². The van der Waals surface area contributed by atoms with E-state index < -0.39 is 16.0 Å². The maximum atomic E-state index is 13.6. The third-order valence-electron chi connectivity index (χ3n) is 6.44. The first-order valence-corrected chi connectivity index (χ1v) is 13.4. The topological polar surface area (TPSA) is 85.7 Å². The zero-order valence-corrected chi connectivity index (χ0v) is 22.0. The van der Waals surface area contributed by atoms with Crippen molar-refractivity contribution in [2.24, 2.45) is 0 Å². The van der Waals surface area contributed by atoms with Crippen molar-refractivity contribution in [1.82, 2.24) is 8.87 Å². The largest absolute Gasteiger partial charge is 0.464 e. The number of carbonyl (C=O) groups excluding carboxylic acids is 2. The molecule has 0 bridgehead atoms.